The number of hydrogen-bond donors (Lipinski definition) is 3. The summed E-state index contributed by atoms with van der Waals surface area (Å²) in [4.78, 5) is 27.2. The lowest BCUT2D eigenvalue weighted by Crippen LogP contribution is -2.23. The Labute approximate surface area is 208 Å². The number of hydrogen-bond acceptors (Lipinski definition) is 5. The molecule has 0 radical (unpaired) electrons. The van der Waals surface area contributed by atoms with Crippen molar-refractivity contribution in [1.29, 1.82) is 5.41 Å². The van der Waals surface area contributed by atoms with Crippen molar-refractivity contribution in [2.75, 3.05) is 28.7 Å². The van der Waals surface area contributed by atoms with Crippen molar-refractivity contribution in [2.45, 2.75) is 13.6 Å². The highest BCUT2D eigenvalue weighted by Crippen LogP contribution is 2.33. The highest BCUT2D eigenvalue weighted by atomic mass is 35.5. The number of thiophene rings is 1. The SMILES string of the molecule is C.N=C1OCCN1c1ccc(NC(=O)c2ccc(C(F)(F)F)cc2NC(=O)c2ccc(Cl)s2)cc1. The van der Waals surface area contributed by atoms with Crippen molar-refractivity contribution in [1.82, 2.24) is 0 Å². The summed E-state index contributed by atoms with van der Waals surface area (Å²) in [6, 6.07) is 12.0. The topological polar surface area (TPSA) is 94.5 Å². The average molecular weight is 525 g/mol. The molecule has 2 heterocycles. The van der Waals surface area contributed by atoms with E-state index in [9.17, 15) is 22.8 Å². The van der Waals surface area contributed by atoms with E-state index >= 15 is 0 Å². The zero-order valence-electron chi connectivity index (χ0n) is 17.2. The molecular weight excluding hydrogens is 505 g/mol. The molecule has 184 valence electrons. The minimum absolute atomic E-state index is 0. The number of anilines is 3. The van der Waals surface area contributed by atoms with Gasteiger partial charge < -0.3 is 15.4 Å². The summed E-state index contributed by atoms with van der Waals surface area (Å²) in [6.07, 6.45) is -4.66. The molecule has 7 nitrogen and oxygen atoms in total. The lowest BCUT2D eigenvalue weighted by atomic mass is 10.1. The zero-order chi connectivity index (χ0) is 24.5. The van der Waals surface area contributed by atoms with E-state index in [1.165, 1.54) is 12.1 Å². The van der Waals surface area contributed by atoms with Crippen LogP contribution in [0.15, 0.2) is 54.6 Å². The minimum atomic E-state index is -4.66. The van der Waals surface area contributed by atoms with Gasteiger partial charge >= 0.3 is 6.18 Å². The van der Waals surface area contributed by atoms with Crippen molar-refractivity contribution in [3.05, 3.63) is 74.9 Å². The number of nitrogens with zero attached hydrogens (tertiary/aromatic N) is 1. The van der Waals surface area contributed by atoms with Crippen LogP contribution in [0.3, 0.4) is 0 Å². The van der Waals surface area contributed by atoms with Crippen molar-refractivity contribution >= 4 is 57.8 Å². The summed E-state index contributed by atoms with van der Waals surface area (Å²) in [5.41, 5.74) is -0.382. The van der Waals surface area contributed by atoms with Gasteiger partial charge in [0.1, 0.15) is 6.61 Å². The van der Waals surface area contributed by atoms with Crippen molar-refractivity contribution in [2.24, 2.45) is 0 Å². The number of benzene rings is 2. The molecule has 0 bridgehead atoms. The number of alkyl halides is 3. The Kier molecular flexibility index (Phi) is 7.71. The average Bonchev–Trinajstić information content (AvgIpc) is 3.42. The first-order valence-electron chi connectivity index (χ1n) is 9.80. The number of nitrogens with one attached hydrogen (secondary N) is 3. The standard InChI is InChI=1S/C22H16ClF3N4O3S.CH4/c23-18-8-7-17(34-18)20(32)29-16-11-12(22(24,25)26)1-6-15(16)19(31)28-13-2-4-14(5-3-13)30-9-10-33-21(30)27;/h1-8,11,27H,9-10H2,(H,28,31)(H,29,32);1H4. The van der Waals surface area contributed by atoms with Crippen LogP contribution in [0.2, 0.25) is 4.34 Å². The van der Waals surface area contributed by atoms with Gasteiger partial charge in [-0.05, 0) is 54.6 Å². The van der Waals surface area contributed by atoms with E-state index in [-0.39, 0.29) is 29.6 Å². The predicted molar refractivity (Wildman–Crippen MR) is 131 cm³/mol. The van der Waals surface area contributed by atoms with Gasteiger partial charge in [-0.15, -0.1) is 11.3 Å². The van der Waals surface area contributed by atoms with Gasteiger partial charge in [-0.2, -0.15) is 13.2 Å². The number of amidine groups is 1. The van der Waals surface area contributed by atoms with Crippen LogP contribution in [0.25, 0.3) is 0 Å². The Morgan fingerprint density at radius 1 is 1.03 bits per heavy atom. The molecule has 0 unspecified atom stereocenters. The quantitative estimate of drug-likeness (QED) is 0.363. The fourth-order valence-electron chi connectivity index (χ4n) is 3.22. The fourth-order valence-corrected chi connectivity index (χ4v) is 4.16. The molecule has 1 saturated heterocycles. The first-order valence-corrected chi connectivity index (χ1v) is 11.0. The van der Waals surface area contributed by atoms with Gasteiger partial charge in [0.2, 0.25) is 0 Å². The Bertz CT molecular complexity index is 1260. The number of rotatable bonds is 5. The number of amides is 2. The molecule has 2 aromatic carbocycles. The van der Waals surface area contributed by atoms with Crippen LogP contribution in [0.5, 0.6) is 0 Å². The summed E-state index contributed by atoms with van der Waals surface area (Å²) in [5.74, 6) is -1.40. The normalized spacial score (nSPS) is 13.1. The first-order chi connectivity index (χ1) is 16.1. The van der Waals surface area contributed by atoms with Crippen LogP contribution < -0.4 is 15.5 Å². The maximum absolute atomic E-state index is 13.2. The second-order valence-electron chi connectivity index (χ2n) is 7.12. The molecule has 4 rings (SSSR count). The Morgan fingerprint density at radius 2 is 1.74 bits per heavy atom. The highest BCUT2D eigenvalue weighted by Gasteiger charge is 2.32. The van der Waals surface area contributed by atoms with Gasteiger partial charge in [-0.3, -0.25) is 19.9 Å². The van der Waals surface area contributed by atoms with Crippen molar-refractivity contribution in [3.8, 4) is 0 Å². The van der Waals surface area contributed by atoms with E-state index in [0.717, 1.165) is 23.5 Å². The number of carbonyl (C=O) groups is 2. The van der Waals surface area contributed by atoms with Gasteiger partial charge in [0.25, 0.3) is 17.8 Å². The summed E-state index contributed by atoms with van der Waals surface area (Å²) in [7, 11) is 0. The Morgan fingerprint density at radius 3 is 2.31 bits per heavy atom. The molecule has 1 aliphatic heterocycles. The van der Waals surface area contributed by atoms with Crippen LogP contribution in [0.1, 0.15) is 33.0 Å². The summed E-state index contributed by atoms with van der Waals surface area (Å²) in [6.45, 7) is 0.923. The van der Waals surface area contributed by atoms with E-state index in [1.807, 2.05) is 0 Å². The number of halogens is 4. The first kappa shape index (κ1) is 26.0. The van der Waals surface area contributed by atoms with Gasteiger partial charge in [-0.1, -0.05) is 19.0 Å². The van der Waals surface area contributed by atoms with Gasteiger partial charge in [0, 0.05) is 11.4 Å². The molecule has 0 saturated carbocycles. The molecule has 0 atom stereocenters. The summed E-state index contributed by atoms with van der Waals surface area (Å²) in [5, 5.41) is 12.7. The second kappa shape index (κ2) is 10.4. The van der Waals surface area contributed by atoms with Gasteiger partial charge in [0.05, 0.1) is 32.6 Å². The van der Waals surface area contributed by atoms with Crippen LogP contribution in [-0.2, 0) is 10.9 Å². The maximum atomic E-state index is 13.2. The second-order valence-corrected chi connectivity index (χ2v) is 8.84. The fraction of sp³-hybridized carbons (Fsp3) is 0.174. The van der Waals surface area contributed by atoms with E-state index in [0.29, 0.717) is 34.9 Å². The summed E-state index contributed by atoms with van der Waals surface area (Å²) < 4.78 is 45.2. The smallest absolute Gasteiger partial charge is 0.416 e. The third-order valence-corrected chi connectivity index (χ3v) is 6.10. The zero-order valence-corrected chi connectivity index (χ0v) is 18.8. The van der Waals surface area contributed by atoms with E-state index < -0.39 is 23.6 Å². The predicted octanol–water partition coefficient (Wildman–Crippen LogP) is 6.33. The van der Waals surface area contributed by atoms with E-state index in [1.54, 1.807) is 29.2 Å². The lowest BCUT2D eigenvalue weighted by molar-refractivity contribution is -0.137. The molecule has 35 heavy (non-hydrogen) atoms. The van der Waals surface area contributed by atoms with Crippen molar-refractivity contribution in [3.63, 3.8) is 0 Å². The van der Waals surface area contributed by atoms with Crippen LogP contribution in [-0.4, -0.2) is 31.0 Å². The molecular formula is C23H20ClF3N4O3S. The van der Waals surface area contributed by atoms with Crippen LogP contribution >= 0.6 is 22.9 Å². The third kappa shape index (κ3) is 5.92. The third-order valence-electron chi connectivity index (χ3n) is 4.87. The van der Waals surface area contributed by atoms with Crippen molar-refractivity contribution < 1.29 is 27.5 Å². The van der Waals surface area contributed by atoms with Crippen LogP contribution in [0.4, 0.5) is 30.2 Å². The van der Waals surface area contributed by atoms with Crippen LogP contribution in [0, 0.1) is 5.41 Å². The molecule has 1 fully saturated rings. The molecule has 0 aliphatic carbocycles. The molecule has 0 spiro atoms. The Hall–Kier alpha value is -3.57. The molecule has 1 aromatic heterocycles. The molecule has 3 aromatic rings. The largest absolute Gasteiger partial charge is 0.463 e. The lowest BCUT2D eigenvalue weighted by Gasteiger charge is -2.16. The van der Waals surface area contributed by atoms with E-state index in [2.05, 4.69) is 10.6 Å². The highest BCUT2D eigenvalue weighted by molar-refractivity contribution is 7.18. The number of carbonyl (C=O) groups excluding carboxylic acids is 2. The monoisotopic (exact) mass is 524 g/mol. The van der Waals surface area contributed by atoms with Gasteiger partial charge in [0.15, 0.2) is 0 Å². The number of ether oxygens (including phenoxy) is 1. The maximum Gasteiger partial charge on any atom is 0.416 e. The molecule has 1 aliphatic rings. The Balaban J connectivity index is 0.00000342. The molecule has 3 N–H and O–H groups in total. The summed E-state index contributed by atoms with van der Waals surface area (Å²) >= 11 is 6.79. The van der Waals surface area contributed by atoms with E-state index in [4.69, 9.17) is 21.7 Å². The minimum Gasteiger partial charge on any atom is -0.463 e. The molecule has 12 heteroatoms. The van der Waals surface area contributed by atoms with Gasteiger partial charge in [-0.25, -0.2) is 0 Å². The molecule has 2 amide bonds.